The van der Waals surface area contributed by atoms with Crippen molar-refractivity contribution >= 4 is 55.0 Å². The van der Waals surface area contributed by atoms with E-state index < -0.39 is 11.7 Å². The fraction of sp³-hybridized carbons (Fsp3) is 0.0465. The van der Waals surface area contributed by atoms with Crippen molar-refractivity contribution in [3.05, 3.63) is 154 Å². The molecule has 10 heteroatoms. The number of halogens is 3. The summed E-state index contributed by atoms with van der Waals surface area (Å²) in [6.07, 6.45) is -4.72. The average molecular weight is 692 g/mol. The molecule has 0 aliphatic carbocycles. The third kappa shape index (κ3) is 4.93. The molecule has 0 saturated heterocycles. The molecule has 53 heavy (non-hydrogen) atoms. The molecular weight excluding hydrogens is 672 g/mol. The molecule has 6 aromatic carbocycles. The maximum Gasteiger partial charge on any atom is 0.416 e. The van der Waals surface area contributed by atoms with E-state index in [1.165, 1.54) is 6.07 Å². The zero-order valence-corrected chi connectivity index (χ0v) is 27.6. The van der Waals surface area contributed by atoms with Crippen LogP contribution in [0.15, 0.2) is 103 Å². The SMILES string of the molecule is [C-]#[N+]c1ccc2c(c1)c1cc(C#N)ccc1n2-c1cc([N+]#[C-])c(-c2c(C)cccc2C(F)(F)F)cc1-n1c2ccc(C#N)cc2c2cc(C#N)ccc21. The number of benzene rings is 6. The van der Waals surface area contributed by atoms with E-state index in [1.54, 1.807) is 97.9 Å². The summed E-state index contributed by atoms with van der Waals surface area (Å²) in [5, 5.41) is 32.0. The highest BCUT2D eigenvalue weighted by Gasteiger charge is 2.35. The van der Waals surface area contributed by atoms with Gasteiger partial charge >= 0.3 is 6.18 Å². The van der Waals surface area contributed by atoms with Crippen LogP contribution in [0.25, 0.3) is 75.8 Å². The van der Waals surface area contributed by atoms with Crippen LogP contribution in [-0.4, -0.2) is 9.13 Å². The summed E-state index contributed by atoms with van der Waals surface area (Å²) in [7, 11) is 0. The van der Waals surface area contributed by atoms with Crippen LogP contribution in [0, 0.1) is 54.1 Å². The van der Waals surface area contributed by atoms with Crippen LogP contribution in [-0.2, 0) is 6.18 Å². The van der Waals surface area contributed by atoms with Crippen molar-refractivity contribution in [2.75, 3.05) is 0 Å². The van der Waals surface area contributed by atoms with E-state index in [1.807, 2.05) is 9.13 Å². The van der Waals surface area contributed by atoms with Crippen LogP contribution in [0.5, 0.6) is 0 Å². The molecule has 2 heterocycles. The van der Waals surface area contributed by atoms with Gasteiger partial charge in [0.1, 0.15) is 0 Å². The van der Waals surface area contributed by atoms with Crippen LogP contribution < -0.4 is 0 Å². The standard InChI is InChI=1S/C43H20F3N7/c1-24-5-4-6-34(43(44,45)46)42(24)33-19-40(52-36-11-7-25(21-47)15-29(36)30-16-26(22-48)8-12-37(30)52)41(20-35(33)51-3)53-38-13-9-27(23-49)17-31(38)32-18-28(50-2)10-14-39(32)53/h4-20H,1H3. The number of alkyl halides is 3. The first-order valence-electron chi connectivity index (χ1n) is 16.1. The molecule has 8 aromatic rings. The van der Waals surface area contributed by atoms with Gasteiger partial charge in [-0.25, -0.2) is 9.69 Å². The van der Waals surface area contributed by atoms with E-state index in [-0.39, 0.29) is 16.8 Å². The van der Waals surface area contributed by atoms with Crippen LogP contribution in [0.1, 0.15) is 27.8 Å². The lowest BCUT2D eigenvalue weighted by molar-refractivity contribution is -0.137. The van der Waals surface area contributed by atoms with Crippen molar-refractivity contribution in [1.82, 2.24) is 9.13 Å². The summed E-state index contributed by atoms with van der Waals surface area (Å²) in [6.45, 7) is 17.5. The third-order valence-electron chi connectivity index (χ3n) is 9.57. The minimum atomic E-state index is -4.72. The maximum atomic E-state index is 14.7. The Labute approximate surface area is 300 Å². The van der Waals surface area contributed by atoms with E-state index >= 15 is 0 Å². The summed E-state index contributed by atoms with van der Waals surface area (Å²) in [5.74, 6) is 0. The Bertz CT molecular complexity index is 2980. The Morgan fingerprint density at radius 1 is 0.585 bits per heavy atom. The van der Waals surface area contributed by atoms with E-state index in [0.29, 0.717) is 82.9 Å². The molecule has 7 nitrogen and oxygen atoms in total. The largest absolute Gasteiger partial charge is 0.416 e. The highest BCUT2D eigenvalue weighted by molar-refractivity contribution is 6.13. The number of aromatic nitrogens is 2. The van der Waals surface area contributed by atoms with Crippen molar-refractivity contribution < 1.29 is 13.2 Å². The zero-order valence-electron chi connectivity index (χ0n) is 27.6. The van der Waals surface area contributed by atoms with Gasteiger partial charge in [-0.15, -0.1) is 0 Å². The topological polar surface area (TPSA) is 89.9 Å². The summed E-state index contributed by atoms with van der Waals surface area (Å²) < 4.78 is 47.8. The van der Waals surface area contributed by atoms with Gasteiger partial charge in [0.2, 0.25) is 0 Å². The second kappa shape index (κ2) is 11.9. The van der Waals surface area contributed by atoms with Gasteiger partial charge in [-0.1, -0.05) is 18.2 Å². The number of hydrogen-bond donors (Lipinski definition) is 0. The van der Waals surface area contributed by atoms with E-state index in [0.717, 1.165) is 6.07 Å². The molecule has 8 rings (SSSR count). The van der Waals surface area contributed by atoms with Crippen molar-refractivity contribution in [1.29, 1.82) is 15.8 Å². The Hall–Kier alpha value is -7.84. The number of rotatable bonds is 3. The van der Waals surface area contributed by atoms with Gasteiger partial charge in [0.25, 0.3) is 0 Å². The number of fused-ring (bicyclic) bond motifs is 6. The van der Waals surface area contributed by atoms with Gasteiger partial charge < -0.3 is 9.13 Å². The Morgan fingerprint density at radius 2 is 1.06 bits per heavy atom. The summed E-state index contributed by atoms with van der Waals surface area (Å²) in [5.41, 5.74) is 4.25. The highest BCUT2D eigenvalue weighted by Crippen LogP contribution is 2.47. The molecule has 0 unspecified atom stereocenters. The lowest BCUT2D eigenvalue weighted by Gasteiger charge is -2.22. The van der Waals surface area contributed by atoms with Gasteiger partial charge in [-0.3, -0.25) is 0 Å². The molecule has 0 aliphatic rings. The van der Waals surface area contributed by atoms with Gasteiger partial charge in [0, 0.05) is 16.2 Å². The first kappa shape index (κ1) is 32.4. The number of aryl methyl sites for hydroxylation is 1. The van der Waals surface area contributed by atoms with Crippen LogP contribution in [0.4, 0.5) is 24.5 Å². The molecule has 0 bridgehead atoms. The van der Waals surface area contributed by atoms with Crippen molar-refractivity contribution in [3.8, 4) is 40.7 Å². The van der Waals surface area contributed by atoms with Crippen molar-refractivity contribution in [2.45, 2.75) is 13.1 Å². The highest BCUT2D eigenvalue weighted by atomic mass is 19.4. The predicted octanol–water partition coefficient (Wildman–Crippen LogP) is 11.6. The Kier molecular flexibility index (Phi) is 7.26. The van der Waals surface area contributed by atoms with Crippen LogP contribution in [0.3, 0.4) is 0 Å². The van der Waals surface area contributed by atoms with Gasteiger partial charge in [-0.05, 0) is 114 Å². The molecule has 0 saturated carbocycles. The van der Waals surface area contributed by atoms with Gasteiger partial charge in [0.15, 0.2) is 11.4 Å². The molecule has 2 aromatic heterocycles. The summed E-state index contributed by atoms with van der Waals surface area (Å²) in [6, 6.07) is 34.2. The van der Waals surface area contributed by atoms with E-state index in [2.05, 4.69) is 27.9 Å². The van der Waals surface area contributed by atoms with Crippen LogP contribution in [0.2, 0.25) is 0 Å². The summed E-state index contributed by atoms with van der Waals surface area (Å²) >= 11 is 0. The fourth-order valence-electron chi connectivity index (χ4n) is 7.31. The fourth-order valence-corrected chi connectivity index (χ4v) is 7.31. The quantitative estimate of drug-likeness (QED) is 0.173. The molecule has 0 N–H and O–H groups in total. The predicted molar refractivity (Wildman–Crippen MR) is 197 cm³/mol. The van der Waals surface area contributed by atoms with Crippen molar-refractivity contribution in [2.24, 2.45) is 0 Å². The Balaban J connectivity index is 1.61. The first-order valence-corrected chi connectivity index (χ1v) is 16.1. The van der Waals surface area contributed by atoms with Gasteiger partial charge in [-0.2, -0.15) is 29.0 Å². The van der Waals surface area contributed by atoms with Gasteiger partial charge in [0.05, 0.1) is 87.0 Å². The second-order valence-electron chi connectivity index (χ2n) is 12.5. The third-order valence-corrected chi connectivity index (χ3v) is 9.57. The molecule has 0 aliphatic heterocycles. The molecule has 0 spiro atoms. The average Bonchev–Trinajstić information content (AvgIpc) is 3.67. The van der Waals surface area contributed by atoms with E-state index in [9.17, 15) is 29.0 Å². The molecule has 0 radical (unpaired) electrons. The summed E-state index contributed by atoms with van der Waals surface area (Å²) in [4.78, 5) is 7.40. The molecule has 0 amide bonds. The van der Waals surface area contributed by atoms with E-state index in [4.69, 9.17) is 13.1 Å². The first-order chi connectivity index (χ1) is 25.6. The monoisotopic (exact) mass is 691 g/mol. The molecular formula is C43H20F3N7. The normalized spacial score (nSPS) is 11.3. The molecule has 248 valence electrons. The lowest BCUT2D eigenvalue weighted by atomic mass is 9.92. The zero-order chi connectivity index (χ0) is 37.2. The maximum absolute atomic E-state index is 14.7. The van der Waals surface area contributed by atoms with Crippen LogP contribution >= 0.6 is 0 Å². The molecule has 0 atom stereocenters. The second-order valence-corrected chi connectivity index (χ2v) is 12.5. The Morgan fingerprint density at radius 3 is 1.51 bits per heavy atom. The molecule has 0 fully saturated rings. The smallest absolute Gasteiger partial charge is 0.309 e. The lowest BCUT2D eigenvalue weighted by Crippen LogP contribution is -2.09. The number of nitrogens with zero attached hydrogens (tertiary/aromatic N) is 7. The number of hydrogen-bond acceptors (Lipinski definition) is 3. The minimum Gasteiger partial charge on any atom is -0.309 e. The number of nitriles is 3. The van der Waals surface area contributed by atoms with Crippen molar-refractivity contribution in [3.63, 3.8) is 0 Å². The minimum absolute atomic E-state index is 0.0238.